The third-order valence-corrected chi connectivity index (χ3v) is 4.31. The zero-order valence-electron chi connectivity index (χ0n) is 11.2. The Morgan fingerprint density at radius 3 is 2.58 bits per heavy atom. The van der Waals surface area contributed by atoms with Crippen LogP contribution in [0.1, 0.15) is 15.9 Å². The van der Waals surface area contributed by atoms with E-state index in [2.05, 4.69) is 11.9 Å². The van der Waals surface area contributed by atoms with Gasteiger partial charge in [-0.05, 0) is 36.6 Å². The lowest BCUT2D eigenvalue weighted by Crippen LogP contribution is -2.32. The molecule has 2 heterocycles. The van der Waals surface area contributed by atoms with Crippen molar-refractivity contribution < 1.29 is 9.90 Å². The number of fused-ring (bicyclic) bond motifs is 1. The topological polar surface area (TPSA) is 43.8 Å². The van der Waals surface area contributed by atoms with Gasteiger partial charge in [0.1, 0.15) is 0 Å². The van der Waals surface area contributed by atoms with Crippen molar-refractivity contribution in [2.24, 2.45) is 11.8 Å². The first-order valence-electron chi connectivity index (χ1n) is 6.85. The Morgan fingerprint density at radius 1 is 1.26 bits per heavy atom. The number of hydrogen-bond acceptors (Lipinski definition) is 3. The molecule has 1 amide bonds. The van der Waals surface area contributed by atoms with Crippen LogP contribution in [0.4, 0.5) is 0 Å². The van der Waals surface area contributed by atoms with Gasteiger partial charge in [0.05, 0.1) is 6.61 Å². The highest BCUT2D eigenvalue weighted by Gasteiger charge is 2.40. The van der Waals surface area contributed by atoms with Crippen LogP contribution < -0.4 is 0 Å². The molecule has 2 atom stereocenters. The van der Waals surface area contributed by atoms with Crippen molar-refractivity contribution in [1.29, 1.82) is 0 Å². The quantitative estimate of drug-likeness (QED) is 0.856. The van der Waals surface area contributed by atoms with Crippen molar-refractivity contribution in [2.45, 2.75) is 6.61 Å². The van der Waals surface area contributed by atoms with Gasteiger partial charge in [0.15, 0.2) is 0 Å². The number of likely N-dealkylation sites (tertiary alicyclic amines) is 2. The van der Waals surface area contributed by atoms with Crippen LogP contribution >= 0.6 is 0 Å². The number of carbonyl (C=O) groups excluding carboxylic acids is 1. The molecule has 102 valence electrons. The maximum absolute atomic E-state index is 12.5. The Kier molecular flexibility index (Phi) is 3.29. The summed E-state index contributed by atoms with van der Waals surface area (Å²) in [6, 6.07) is 7.30. The van der Waals surface area contributed by atoms with Crippen molar-refractivity contribution in [1.82, 2.24) is 9.80 Å². The van der Waals surface area contributed by atoms with E-state index < -0.39 is 0 Å². The molecule has 0 radical (unpaired) electrons. The molecule has 0 unspecified atom stereocenters. The molecule has 4 nitrogen and oxygen atoms in total. The van der Waals surface area contributed by atoms with Gasteiger partial charge in [-0.3, -0.25) is 4.79 Å². The zero-order valence-corrected chi connectivity index (χ0v) is 11.2. The molecule has 0 spiro atoms. The summed E-state index contributed by atoms with van der Waals surface area (Å²) < 4.78 is 0. The summed E-state index contributed by atoms with van der Waals surface area (Å²) in [6.07, 6.45) is 0. The van der Waals surface area contributed by atoms with Crippen molar-refractivity contribution in [3.05, 3.63) is 35.4 Å². The Bertz CT molecular complexity index is 475. The second kappa shape index (κ2) is 4.94. The Morgan fingerprint density at radius 2 is 1.95 bits per heavy atom. The summed E-state index contributed by atoms with van der Waals surface area (Å²) in [5.41, 5.74) is 1.49. The third-order valence-electron chi connectivity index (χ3n) is 4.31. The smallest absolute Gasteiger partial charge is 0.253 e. The van der Waals surface area contributed by atoms with E-state index in [0.29, 0.717) is 17.4 Å². The lowest BCUT2D eigenvalue weighted by Gasteiger charge is -2.19. The highest BCUT2D eigenvalue weighted by atomic mass is 16.3. The molecule has 1 aromatic carbocycles. The van der Waals surface area contributed by atoms with Crippen molar-refractivity contribution in [3.63, 3.8) is 0 Å². The average molecular weight is 260 g/mol. The molecular formula is C15H20N2O2. The summed E-state index contributed by atoms with van der Waals surface area (Å²) in [5.74, 6) is 1.37. The summed E-state index contributed by atoms with van der Waals surface area (Å²) in [4.78, 5) is 16.8. The summed E-state index contributed by atoms with van der Waals surface area (Å²) in [6.45, 7) is 3.93. The molecule has 1 N–H and O–H groups in total. The van der Waals surface area contributed by atoms with E-state index in [9.17, 15) is 4.79 Å². The SMILES string of the molecule is CN1C[C@@H]2CN(C(=O)c3cccc(CO)c3)C[C@@H]2C1. The molecule has 0 aliphatic carbocycles. The zero-order chi connectivity index (χ0) is 13.4. The normalized spacial score (nSPS) is 26.7. The predicted octanol–water partition coefficient (Wildman–Crippen LogP) is 0.813. The molecule has 2 aliphatic rings. The number of hydrogen-bond donors (Lipinski definition) is 1. The van der Waals surface area contributed by atoms with E-state index in [1.807, 2.05) is 23.1 Å². The first-order chi connectivity index (χ1) is 9.17. The van der Waals surface area contributed by atoms with Crippen molar-refractivity contribution in [3.8, 4) is 0 Å². The van der Waals surface area contributed by atoms with E-state index in [4.69, 9.17) is 5.11 Å². The van der Waals surface area contributed by atoms with Gasteiger partial charge in [-0.15, -0.1) is 0 Å². The van der Waals surface area contributed by atoms with Gasteiger partial charge in [0.25, 0.3) is 5.91 Å². The molecule has 2 fully saturated rings. The maximum atomic E-state index is 12.5. The monoisotopic (exact) mass is 260 g/mol. The minimum absolute atomic E-state index is 0.0167. The van der Waals surface area contributed by atoms with Crippen molar-refractivity contribution >= 4 is 5.91 Å². The first-order valence-corrected chi connectivity index (χ1v) is 6.85. The van der Waals surface area contributed by atoms with Gasteiger partial charge in [0, 0.05) is 31.7 Å². The van der Waals surface area contributed by atoms with Crippen LogP contribution in [-0.2, 0) is 6.61 Å². The molecule has 19 heavy (non-hydrogen) atoms. The number of carbonyl (C=O) groups is 1. The Labute approximate surface area is 113 Å². The van der Waals surface area contributed by atoms with Gasteiger partial charge in [0.2, 0.25) is 0 Å². The highest BCUT2D eigenvalue weighted by Crippen LogP contribution is 2.30. The van der Waals surface area contributed by atoms with Gasteiger partial charge in [-0.2, -0.15) is 0 Å². The first kappa shape index (κ1) is 12.6. The Balaban J connectivity index is 1.72. The van der Waals surface area contributed by atoms with E-state index in [1.165, 1.54) is 0 Å². The Hall–Kier alpha value is -1.39. The summed E-state index contributed by atoms with van der Waals surface area (Å²) in [5, 5.41) is 9.14. The molecule has 3 rings (SSSR count). The third kappa shape index (κ3) is 2.38. The molecular weight excluding hydrogens is 240 g/mol. The van der Waals surface area contributed by atoms with E-state index in [-0.39, 0.29) is 12.5 Å². The van der Waals surface area contributed by atoms with Crippen LogP contribution in [0, 0.1) is 11.8 Å². The van der Waals surface area contributed by atoms with E-state index >= 15 is 0 Å². The molecule has 1 aromatic rings. The summed E-state index contributed by atoms with van der Waals surface area (Å²) in [7, 11) is 2.15. The number of nitrogens with zero attached hydrogens (tertiary/aromatic N) is 2. The average Bonchev–Trinajstić information content (AvgIpc) is 2.95. The fourth-order valence-electron chi connectivity index (χ4n) is 3.38. The summed E-state index contributed by atoms with van der Waals surface area (Å²) >= 11 is 0. The fourth-order valence-corrected chi connectivity index (χ4v) is 3.38. The second-order valence-electron chi connectivity index (χ2n) is 5.81. The molecule has 0 aromatic heterocycles. The molecule has 2 saturated heterocycles. The highest BCUT2D eigenvalue weighted by molar-refractivity contribution is 5.94. The molecule has 0 bridgehead atoms. The van der Waals surface area contributed by atoms with E-state index in [0.717, 1.165) is 31.7 Å². The predicted molar refractivity (Wildman–Crippen MR) is 72.7 cm³/mol. The number of aliphatic hydroxyl groups excluding tert-OH is 1. The molecule has 0 saturated carbocycles. The second-order valence-corrected chi connectivity index (χ2v) is 5.81. The van der Waals surface area contributed by atoms with Crippen LogP contribution in [0.2, 0.25) is 0 Å². The van der Waals surface area contributed by atoms with Gasteiger partial charge < -0.3 is 14.9 Å². The fraction of sp³-hybridized carbons (Fsp3) is 0.533. The largest absolute Gasteiger partial charge is 0.392 e. The lowest BCUT2D eigenvalue weighted by molar-refractivity contribution is 0.0776. The van der Waals surface area contributed by atoms with Gasteiger partial charge in [-0.25, -0.2) is 0 Å². The minimum atomic E-state index is -0.0167. The number of aliphatic hydroxyl groups is 1. The lowest BCUT2D eigenvalue weighted by atomic mass is 10.0. The van der Waals surface area contributed by atoms with Crippen LogP contribution in [-0.4, -0.2) is 54.0 Å². The van der Waals surface area contributed by atoms with Gasteiger partial charge >= 0.3 is 0 Å². The standard InChI is InChI=1S/C15H20N2O2/c1-16-6-13-8-17(9-14(13)7-16)15(19)12-4-2-3-11(5-12)10-18/h2-5,13-14,18H,6-10H2,1H3/t13-,14+. The van der Waals surface area contributed by atoms with Crippen LogP contribution in [0.5, 0.6) is 0 Å². The molecule has 2 aliphatic heterocycles. The minimum Gasteiger partial charge on any atom is -0.392 e. The van der Waals surface area contributed by atoms with Crippen molar-refractivity contribution in [2.75, 3.05) is 33.2 Å². The number of rotatable bonds is 2. The van der Waals surface area contributed by atoms with Crippen LogP contribution in [0.15, 0.2) is 24.3 Å². The maximum Gasteiger partial charge on any atom is 0.253 e. The van der Waals surface area contributed by atoms with Crippen LogP contribution in [0.3, 0.4) is 0 Å². The molecule has 4 heteroatoms. The van der Waals surface area contributed by atoms with Crippen LogP contribution in [0.25, 0.3) is 0 Å². The van der Waals surface area contributed by atoms with E-state index in [1.54, 1.807) is 6.07 Å². The number of amides is 1. The van der Waals surface area contributed by atoms with Gasteiger partial charge in [-0.1, -0.05) is 12.1 Å². The number of benzene rings is 1.